The van der Waals surface area contributed by atoms with Gasteiger partial charge in [0.05, 0.1) is 6.33 Å². The van der Waals surface area contributed by atoms with Gasteiger partial charge in [-0.15, -0.1) is 0 Å². The van der Waals surface area contributed by atoms with Gasteiger partial charge in [-0.25, -0.2) is 4.98 Å². The Balaban J connectivity index is 2.30. The summed E-state index contributed by atoms with van der Waals surface area (Å²) in [6, 6.07) is 0. The Bertz CT molecular complexity index is 149. The maximum absolute atomic E-state index is 4.75. The topological polar surface area (TPSA) is 49.9 Å². The van der Waals surface area contributed by atoms with Crippen LogP contribution in [0.3, 0.4) is 0 Å². The summed E-state index contributed by atoms with van der Waals surface area (Å²) in [5.74, 6) is 0.803. The number of imidazole rings is 1. The predicted molar refractivity (Wildman–Crippen MR) is 34.1 cm³/mol. The first-order valence-electron chi connectivity index (χ1n) is 2.65. The SMILES string of the molecule is COCNc1c[nH]cn1. The molecule has 2 N–H and O–H groups in total. The lowest BCUT2D eigenvalue weighted by Crippen LogP contribution is -2.02. The first-order chi connectivity index (χ1) is 4.43. The Morgan fingerprint density at radius 1 is 1.89 bits per heavy atom. The second kappa shape index (κ2) is 3.09. The molecule has 0 radical (unpaired) electrons. The fourth-order valence-corrected chi connectivity index (χ4v) is 0.503. The van der Waals surface area contributed by atoms with Crippen LogP contribution >= 0.6 is 0 Å². The van der Waals surface area contributed by atoms with Gasteiger partial charge in [-0.1, -0.05) is 0 Å². The Labute approximate surface area is 53.3 Å². The van der Waals surface area contributed by atoms with Crippen LogP contribution < -0.4 is 5.32 Å². The second-order valence-corrected chi connectivity index (χ2v) is 1.56. The minimum atomic E-state index is 0.491. The van der Waals surface area contributed by atoms with Gasteiger partial charge in [0.1, 0.15) is 12.5 Å². The molecule has 1 rings (SSSR count). The van der Waals surface area contributed by atoms with Crippen LogP contribution in [0.4, 0.5) is 5.82 Å². The summed E-state index contributed by atoms with van der Waals surface area (Å²) in [5, 5.41) is 2.91. The molecule has 0 spiro atoms. The number of hydrogen-bond acceptors (Lipinski definition) is 3. The standard InChI is InChI=1S/C5H9N3O/c1-9-4-8-5-2-6-3-7-5/h2-3,8H,4H2,1H3,(H,6,7). The van der Waals surface area contributed by atoms with E-state index in [2.05, 4.69) is 15.3 Å². The van der Waals surface area contributed by atoms with E-state index in [1.165, 1.54) is 0 Å². The highest BCUT2D eigenvalue weighted by molar-refractivity contribution is 5.29. The molecule has 0 aliphatic carbocycles. The summed E-state index contributed by atoms with van der Waals surface area (Å²) in [6.07, 6.45) is 3.37. The van der Waals surface area contributed by atoms with Crippen molar-refractivity contribution in [2.75, 3.05) is 19.2 Å². The molecule has 4 nitrogen and oxygen atoms in total. The van der Waals surface area contributed by atoms with Crippen molar-refractivity contribution in [3.63, 3.8) is 0 Å². The Morgan fingerprint density at radius 2 is 2.78 bits per heavy atom. The van der Waals surface area contributed by atoms with E-state index in [-0.39, 0.29) is 0 Å². The minimum Gasteiger partial charge on any atom is -0.365 e. The molecular formula is C5H9N3O. The van der Waals surface area contributed by atoms with Crippen molar-refractivity contribution in [2.24, 2.45) is 0 Å². The van der Waals surface area contributed by atoms with E-state index in [4.69, 9.17) is 4.74 Å². The van der Waals surface area contributed by atoms with Gasteiger partial charge < -0.3 is 15.0 Å². The summed E-state index contributed by atoms with van der Waals surface area (Å²) >= 11 is 0. The molecule has 0 atom stereocenters. The molecule has 0 saturated carbocycles. The molecule has 0 bridgehead atoms. The number of ether oxygens (including phenoxy) is 1. The molecule has 0 saturated heterocycles. The molecule has 1 aromatic heterocycles. The number of hydrogen-bond donors (Lipinski definition) is 2. The minimum absolute atomic E-state index is 0.491. The molecule has 0 amide bonds. The second-order valence-electron chi connectivity index (χ2n) is 1.56. The summed E-state index contributed by atoms with van der Waals surface area (Å²) in [6.45, 7) is 0.491. The molecule has 0 fully saturated rings. The van der Waals surface area contributed by atoms with Crippen LogP contribution in [0.25, 0.3) is 0 Å². The number of anilines is 1. The van der Waals surface area contributed by atoms with E-state index >= 15 is 0 Å². The number of H-pyrrole nitrogens is 1. The first kappa shape index (κ1) is 6.10. The van der Waals surface area contributed by atoms with Crippen molar-refractivity contribution in [1.82, 2.24) is 9.97 Å². The van der Waals surface area contributed by atoms with Crippen LogP contribution in [0, 0.1) is 0 Å². The lowest BCUT2D eigenvalue weighted by atomic mass is 10.7. The Kier molecular flexibility index (Phi) is 2.09. The van der Waals surface area contributed by atoms with E-state index in [0.717, 1.165) is 5.82 Å². The van der Waals surface area contributed by atoms with E-state index in [1.807, 2.05) is 0 Å². The smallest absolute Gasteiger partial charge is 0.145 e. The highest BCUT2D eigenvalue weighted by Crippen LogP contribution is 1.95. The van der Waals surface area contributed by atoms with Gasteiger partial charge in [0.2, 0.25) is 0 Å². The molecule has 0 aromatic carbocycles. The van der Waals surface area contributed by atoms with Crippen LogP contribution in [-0.2, 0) is 4.74 Å². The van der Waals surface area contributed by atoms with Gasteiger partial charge >= 0.3 is 0 Å². The third-order valence-electron chi connectivity index (χ3n) is 0.896. The molecule has 4 heteroatoms. The van der Waals surface area contributed by atoms with E-state index in [9.17, 15) is 0 Å². The van der Waals surface area contributed by atoms with Crippen molar-refractivity contribution in [3.8, 4) is 0 Å². The van der Waals surface area contributed by atoms with Crippen LogP contribution in [0.2, 0.25) is 0 Å². The van der Waals surface area contributed by atoms with Gasteiger partial charge in [-0.3, -0.25) is 0 Å². The van der Waals surface area contributed by atoms with Crippen LogP contribution in [0.15, 0.2) is 12.5 Å². The fraction of sp³-hybridized carbons (Fsp3) is 0.400. The zero-order valence-corrected chi connectivity index (χ0v) is 5.22. The van der Waals surface area contributed by atoms with Gasteiger partial charge in [0.25, 0.3) is 0 Å². The molecule has 50 valence electrons. The number of nitrogens with zero attached hydrogens (tertiary/aromatic N) is 1. The lowest BCUT2D eigenvalue weighted by Gasteiger charge is -1.97. The normalized spacial score (nSPS) is 9.44. The van der Waals surface area contributed by atoms with Crippen LogP contribution in [0.1, 0.15) is 0 Å². The van der Waals surface area contributed by atoms with Gasteiger partial charge in [0.15, 0.2) is 0 Å². The third kappa shape index (κ3) is 1.73. The van der Waals surface area contributed by atoms with Gasteiger partial charge in [-0.2, -0.15) is 0 Å². The van der Waals surface area contributed by atoms with Crippen molar-refractivity contribution in [2.45, 2.75) is 0 Å². The van der Waals surface area contributed by atoms with E-state index < -0.39 is 0 Å². The zero-order chi connectivity index (χ0) is 6.53. The fourth-order valence-electron chi connectivity index (χ4n) is 0.503. The largest absolute Gasteiger partial charge is 0.365 e. The van der Waals surface area contributed by atoms with Gasteiger partial charge in [0, 0.05) is 13.3 Å². The monoisotopic (exact) mass is 127 g/mol. The zero-order valence-electron chi connectivity index (χ0n) is 5.22. The number of rotatable bonds is 3. The third-order valence-corrected chi connectivity index (χ3v) is 0.896. The number of aromatic amines is 1. The molecule has 0 unspecified atom stereocenters. The van der Waals surface area contributed by atoms with Crippen molar-refractivity contribution >= 4 is 5.82 Å². The van der Waals surface area contributed by atoms with Crippen molar-refractivity contribution in [3.05, 3.63) is 12.5 Å². The maximum Gasteiger partial charge on any atom is 0.145 e. The number of methoxy groups -OCH3 is 1. The Hall–Kier alpha value is -1.03. The molecule has 1 aromatic rings. The van der Waals surface area contributed by atoms with Crippen molar-refractivity contribution in [1.29, 1.82) is 0 Å². The molecule has 0 aliphatic rings. The molecular weight excluding hydrogens is 118 g/mol. The number of aromatic nitrogens is 2. The highest BCUT2D eigenvalue weighted by Gasteiger charge is 1.87. The predicted octanol–water partition coefficient (Wildman–Crippen LogP) is 0.426. The lowest BCUT2D eigenvalue weighted by molar-refractivity contribution is 0.221. The van der Waals surface area contributed by atoms with Gasteiger partial charge in [-0.05, 0) is 0 Å². The summed E-state index contributed by atoms with van der Waals surface area (Å²) in [5.41, 5.74) is 0. The summed E-state index contributed by atoms with van der Waals surface area (Å²) in [7, 11) is 1.62. The first-order valence-corrected chi connectivity index (χ1v) is 2.65. The molecule has 1 heterocycles. The van der Waals surface area contributed by atoms with Crippen LogP contribution in [-0.4, -0.2) is 23.8 Å². The highest BCUT2D eigenvalue weighted by atomic mass is 16.5. The quantitative estimate of drug-likeness (QED) is 0.579. The average Bonchev–Trinajstić information content (AvgIpc) is 2.34. The van der Waals surface area contributed by atoms with Crippen molar-refractivity contribution < 1.29 is 4.74 Å². The summed E-state index contributed by atoms with van der Waals surface area (Å²) < 4.78 is 4.75. The average molecular weight is 127 g/mol. The molecule has 9 heavy (non-hydrogen) atoms. The maximum atomic E-state index is 4.75. The number of nitrogens with one attached hydrogen (secondary N) is 2. The Morgan fingerprint density at radius 3 is 3.33 bits per heavy atom. The molecule has 0 aliphatic heterocycles. The van der Waals surface area contributed by atoms with Crippen LogP contribution in [0.5, 0.6) is 0 Å². The van der Waals surface area contributed by atoms with E-state index in [1.54, 1.807) is 19.6 Å². The van der Waals surface area contributed by atoms with E-state index in [0.29, 0.717) is 6.73 Å². The summed E-state index contributed by atoms with van der Waals surface area (Å²) in [4.78, 5) is 6.72.